The summed E-state index contributed by atoms with van der Waals surface area (Å²) >= 11 is 5.38. The molecule has 76 valence electrons. The Bertz CT molecular complexity index is 156. The fourth-order valence-electron chi connectivity index (χ4n) is 0.770. The molecule has 0 heterocycles. The van der Waals surface area contributed by atoms with Gasteiger partial charge in [-0.3, -0.25) is 14.9 Å². The van der Waals surface area contributed by atoms with Crippen LogP contribution in [0.4, 0.5) is 0 Å². The molecule has 0 atom stereocenters. The van der Waals surface area contributed by atoms with Crippen molar-refractivity contribution < 1.29 is 9.59 Å². The lowest BCUT2D eigenvalue weighted by atomic mass is 10.3. The lowest BCUT2D eigenvalue weighted by Crippen LogP contribution is -2.30. The van der Waals surface area contributed by atoms with Gasteiger partial charge in [0.15, 0.2) is 0 Å². The number of hydrogen-bond acceptors (Lipinski definition) is 3. The standard InChI is InChI=1S/C8H15ClN2O2/c9-5-1-3-7(12)11-8(13)4-2-6-10/h1-6,10H2,(H,11,12,13). The van der Waals surface area contributed by atoms with E-state index in [1.807, 2.05) is 0 Å². The Balaban J connectivity index is 3.47. The second kappa shape index (κ2) is 8.01. The average molecular weight is 207 g/mol. The topological polar surface area (TPSA) is 72.2 Å². The van der Waals surface area contributed by atoms with E-state index in [4.69, 9.17) is 17.3 Å². The minimum absolute atomic E-state index is 0.259. The van der Waals surface area contributed by atoms with Crippen LogP contribution in [0, 0.1) is 0 Å². The quantitative estimate of drug-likeness (QED) is 0.618. The monoisotopic (exact) mass is 206 g/mol. The Labute approximate surface area is 82.8 Å². The summed E-state index contributed by atoms with van der Waals surface area (Å²) in [5.41, 5.74) is 5.21. The first-order valence-corrected chi connectivity index (χ1v) is 4.83. The molecule has 0 aliphatic carbocycles. The maximum atomic E-state index is 11.0. The molecule has 0 aliphatic heterocycles. The largest absolute Gasteiger partial charge is 0.330 e. The molecule has 0 saturated heterocycles. The molecule has 0 aromatic rings. The highest BCUT2D eigenvalue weighted by atomic mass is 35.5. The van der Waals surface area contributed by atoms with Crippen molar-refractivity contribution in [3.05, 3.63) is 0 Å². The molecule has 0 aromatic heterocycles. The van der Waals surface area contributed by atoms with Crippen LogP contribution in [0.15, 0.2) is 0 Å². The van der Waals surface area contributed by atoms with Gasteiger partial charge in [0, 0.05) is 18.7 Å². The van der Waals surface area contributed by atoms with Crippen molar-refractivity contribution in [2.24, 2.45) is 5.73 Å². The number of amides is 2. The highest BCUT2D eigenvalue weighted by Gasteiger charge is 2.05. The van der Waals surface area contributed by atoms with Gasteiger partial charge in [-0.25, -0.2) is 0 Å². The first-order chi connectivity index (χ1) is 6.20. The van der Waals surface area contributed by atoms with Crippen LogP contribution in [0.1, 0.15) is 25.7 Å². The number of nitrogens with one attached hydrogen (secondary N) is 1. The van der Waals surface area contributed by atoms with E-state index >= 15 is 0 Å². The van der Waals surface area contributed by atoms with Crippen molar-refractivity contribution in [1.82, 2.24) is 5.32 Å². The Morgan fingerprint density at radius 3 is 2.15 bits per heavy atom. The van der Waals surface area contributed by atoms with Gasteiger partial charge in [0.25, 0.3) is 0 Å². The van der Waals surface area contributed by atoms with E-state index < -0.39 is 0 Å². The van der Waals surface area contributed by atoms with E-state index in [9.17, 15) is 9.59 Å². The van der Waals surface area contributed by atoms with E-state index in [1.54, 1.807) is 0 Å². The van der Waals surface area contributed by atoms with Crippen LogP contribution in [-0.4, -0.2) is 24.2 Å². The minimum Gasteiger partial charge on any atom is -0.330 e. The maximum absolute atomic E-state index is 11.0. The number of hydrogen-bond donors (Lipinski definition) is 2. The number of alkyl halides is 1. The van der Waals surface area contributed by atoms with Crippen LogP contribution < -0.4 is 11.1 Å². The molecule has 5 heteroatoms. The van der Waals surface area contributed by atoms with Crippen molar-refractivity contribution in [3.63, 3.8) is 0 Å². The van der Waals surface area contributed by atoms with E-state index in [1.165, 1.54) is 0 Å². The third-order valence-electron chi connectivity index (χ3n) is 1.42. The van der Waals surface area contributed by atoms with Gasteiger partial charge in [0.05, 0.1) is 0 Å². The third kappa shape index (κ3) is 7.74. The van der Waals surface area contributed by atoms with Gasteiger partial charge < -0.3 is 5.73 Å². The zero-order valence-electron chi connectivity index (χ0n) is 7.51. The van der Waals surface area contributed by atoms with Gasteiger partial charge in [0.1, 0.15) is 0 Å². The second-order valence-electron chi connectivity index (χ2n) is 2.66. The van der Waals surface area contributed by atoms with Crippen LogP contribution in [-0.2, 0) is 9.59 Å². The summed E-state index contributed by atoms with van der Waals surface area (Å²) in [5, 5.41) is 2.26. The fourth-order valence-corrected chi connectivity index (χ4v) is 0.904. The molecule has 3 N–H and O–H groups in total. The molecule has 0 aliphatic rings. The zero-order valence-corrected chi connectivity index (χ0v) is 8.27. The zero-order chi connectivity index (χ0) is 10.1. The smallest absolute Gasteiger partial charge is 0.226 e. The van der Waals surface area contributed by atoms with Crippen molar-refractivity contribution in [3.8, 4) is 0 Å². The molecule has 0 aromatic carbocycles. The van der Waals surface area contributed by atoms with E-state index in [2.05, 4.69) is 5.32 Å². The van der Waals surface area contributed by atoms with Gasteiger partial charge >= 0.3 is 0 Å². The molecule has 4 nitrogen and oxygen atoms in total. The van der Waals surface area contributed by atoms with E-state index in [-0.39, 0.29) is 11.8 Å². The van der Waals surface area contributed by atoms with Crippen molar-refractivity contribution >= 4 is 23.4 Å². The van der Waals surface area contributed by atoms with Gasteiger partial charge in [-0.2, -0.15) is 0 Å². The summed E-state index contributed by atoms with van der Waals surface area (Å²) in [5.74, 6) is -0.0857. The van der Waals surface area contributed by atoms with E-state index in [0.717, 1.165) is 0 Å². The van der Waals surface area contributed by atoms with Gasteiger partial charge in [-0.05, 0) is 19.4 Å². The van der Waals surface area contributed by atoms with Crippen molar-refractivity contribution in [1.29, 1.82) is 0 Å². The third-order valence-corrected chi connectivity index (χ3v) is 1.69. The number of carbonyl (C=O) groups excluding carboxylic acids is 2. The SMILES string of the molecule is NCCCC(=O)NC(=O)CCCCl. The van der Waals surface area contributed by atoms with Crippen LogP contribution in [0.3, 0.4) is 0 Å². The Kier molecular flexibility index (Phi) is 7.63. The number of nitrogens with two attached hydrogens (primary N) is 1. The molecule has 0 bridgehead atoms. The number of halogens is 1. The van der Waals surface area contributed by atoms with E-state index in [0.29, 0.717) is 38.1 Å². The second-order valence-corrected chi connectivity index (χ2v) is 3.03. The fraction of sp³-hybridized carbons (Fsp3) is 0.750. The molecule has 0 saturated carbocycles. The minimum atomic E-state index is -0.261. The summed E-state index contributed by atoms with van der Waals surface area (Å²) < 4.78 is 0. The van der Waals surface area contributed by atoms with Crippen molar-refractivity contribution in [2.75, 3.05) is 12.4 Å². The Morgan fingerprint density at radius 2 is 1.69 bits per heavy atom. The number of carbonyl (C=O) groups is 2. The molecular formula is C8H15ClN2O2. The van der Waals surface area contributed by atoms with Crippen LogP contribution in [0.5, 0.6) is 0 Å². The number of imide groups is 1. The van der Waals surface area contributed by atoms with Crippen LogP contribution >= 0.6 is 11.6 Å². The predicted molar refractivity (Wildman–Crippen MR) is 51.4 cm³/mol. The maximum Gasteiger partial charge on any atom is 0.226 e. The lowest BCUT2D eigenvalue weighted by molar-refractivity contribution is -0.130. The first-order valence-electron chi connectivity index (χ1n) is 4.29. The highest BCUT2D eigenvalue weighted by molar-refractivity contribution is 6.18. The van der Waals surface area contributed by atoms with Gasteiger partial charge in [-0.15, -0.1) is 11.6 Å². The van der Waals surface area contributed by atoms with Gasteiger partial charge in [-0.1, -0.05) is 0 Å². The first kappa shape index (κ1) is 12.4. The highest BCUT2D eigenvalue weighted by Crippen LogP contribution is 1.92. The predicted octanol–water partition coefficient (Wildman–Crippen LogP) is 0.387. The summed E-state index contributed by atoms with van der Waals surface area (Å²) in [4.78, 5) is 21.9. The molecule has 2 amide bonds. The molecule has 13 heavy (non-hydrogen) atoms. The summed E-state index contributed by atoms with van der Waals surface area (Å²) in [6.07, 6.45) is 1.81. The Hall–Kier alpha value is -0.610. The molecular weight excluding hydrogens is 192 g/mol. The average Bonchev–Trinajstić information content (AvgIpc) is 2.11. The molecule has 0 unspecified atom stereocenters. The number of rotatable bonds is 6. The normalized spacial score (nSPS) is 9.69. The summed E-state index contributed by atoms with van der Waals surface area (Å²) in [6, 6.07) is 0. The Morgan fingerprint density at radius 1 is 1.15 bits per heavy atom. The lowest BCUT2D eigenvalue weighted by Gasteiger charge is -2.01. The van der Waals surface area contributed by atoms with Crippen LogP contribution in [0.2, 0.25) is 0 Å². The summed E-state index contributed by atoms with van der Waals surface area (Å²) in [7, 11) is 0. The van der Waals surface area contributed by atoms with Crippen molar-refractivity contribution in [2.45, 2.75) is 25.7 Å². The molecule has 0 fully saturated rings. The molecule has 0 spiro atoms. The van der Waals surface area contributed by atoms with Gasteiger partial charge in [0.2, 0.25) is 11.8 Å². The summed E-state index contributed by atoms with van der Waals surface area (Å²) in [6.45, 7) is 0.462. The van der Waals surface area contributed by atoms with Crippen LogP contribution in [0.25, 0.3) is 0 Å². The molecule has 0 rings (SSSR count). The molecule has 0 radical (unpaired) electrons.